The maximum Gasteiger partial charge on any atom is 0.251 e. The largest absolute Gasteiger partial charge is 0.377 e. The number of hydrogen-bond acceptors (Lipinski definition) is 4. The number of nitrogens with one attached hydrogen (secondary N) is 2. The van der Waals surface area contributed by atoms with E-state index < -0.39 is 0 Å². The minimum absolute atomic E-state index is 0.0178. The van der Waals surface area contributed by atoms with Gasteiger partial charge in [-0.1, -0.05) is 0 Å². The summed E-state index contributed by atoms with van der Waals surface area (Å²) in [4.78, 5) is 12.0. The molecule has 0 aliphatic rings. The van der Waals surface area contributed by atoms with Crippen LogP contribution in [0.25, 0.3) is 0 Å². The Bertz CT molecular complexity index is 407. The Morgan fingerprint density at radius 3 is 2.78 bits per heavy atom. The first-order valence-electron chi connectivity index (χ1n) is 6.05. The lowest BCUT2D eigenvalue weighted by Gasteiger charge is -2.13. The second-order valence-electron chi connectivity index (χ2n) is 4.15. The van der Waals surface area contributed by atoms with Gasteiger partial charge in [0, 0.05) is 24.4 Å². The van der Waals surface area contributed by atoms with Crippen molar-refractivity contribution in [2.24, 2.45) is 5.84 Å². The predicted octanol–water partition coefficient (Wildman–Crippen LogP) is 1.44. The lowest BCUT2D eigenvalue weighted by atomic mass is 10.1. The molecular formula is C13H21N3O2. The summed E-state index contributed by atoms with van der Waals surface area (Å²) in [6.07, 6.45) is 0.0178. The quantitative estimate of drug-likeness (QED) is 0.528. The van der Waals surface area contributed by atoms with E-state index in [9.17, 15) is 4.79 Å². The molecule has 0 bridgehead atoms. The first-order chi connectivity index (χ1) is 8.58. The van der Waals surface area contributed by atoms with Crippen LogP contribution in [-0.2, 0) is 4.74 Å². The molecule has 18 heavy (non-hydrogen) atoms. The van der Waals surface area contributed by atoms with Crippen LogP contribution in [0.2, 0.25) is 0 Å². The van der Waals surface area contributed by atoms with E-state index in [1.54, 1.807) is 12.1 Å². The molecule has 5 heteroatoms. The Balaban J connectivity index is 2.61. The summed E-state index contributed by atoms with van der Waals surface area (Å²) < 4.78 is 5.35. The highest BCUT2D eigenvalue weighted by Gasteiger charge is 2.10. The number of nitrogen functional groups attached to an aromatic ring is 1. The Hall–Kier alpha value is -1.59. The molecule has 0 saturated carbocycles. The van der Waals surface area contributed by atoms with Crippen molar-refractivity contribution in [1.82, 2.24) is 5.32 Å². The second-order valence-corrected chi connectivity index (χ2v) is 4.15. The minimum atomic E-state index is -0.0948. The highest BCUT2D eigenvalue weighted by molar-refractivity contribution is 5.96. The highest BCUT2D eigenvalue weighted by atomic mass is 16.5. The van der Waals surface area contributed by atoms with Crippen molar-refractivity contribution in [1.29, 1.82) is 0 Å². The van der Waals surface area contributed by atoms with Crippen LogP contribution in [-0.4, -0.2) is 25.2 Å². The van der Waals surface area contributed by atoms with E-state index in [0.717, 1.165) is 11.3 Å². The molecule has 4 N–H and O–H groups in total. The van der Waals surface area contributed by atoms with Gasteiger partial charge in [0.2, 0.25) is 0 Å². The van der Waals surface area contributed by atoms with Gasteiger partial charge >= 0.3 is 0 Å². The summed E-state index contributed by atoms with van der Waals surface area (Å²) in [6, 6.07) is 5.36. The zero-order valence-corrected chi connectivity index (χ0v) is 11.1. The van der Waals surface area contributed by atoms with Crippen LogP contribution in [0.4, 0.5) is 5.69 Å². The summed E-state index contributed by atoms with van der Waals surface area (Å²) in [6.45, 7) is 6.89. The fourth-order valence-electron chi connectivity index (χ4n) is 1.68. The summed E-state index contributed by atoms with van der Waals surface area (Å²) in [5, 5.41) is 2.85. The number of nitrogens with two attached hydrogens (primary N) is 1. The fraction of sp³-hybridized carbons (Fsp3) is 0.462. The zero-order valence-electron chi connectivity index (χ0n) is 11.1. The molecule has 0 fully saturated rings. The third-order valence-electron chi connectivity index (χ3n) is 2.64. The van der Waals surface area contributed by atoms with E-state index in [4.69, 9.17) is 10.6 Å². The average Bonchev–Trinajstić information content (AvgIpc) is 2.36. The molecule has 0 radical (unpaired) electrons. The number of carbonyl (C=O) groups is 1. The van der Waals surface area contributed by atoms with E-state index >= 15 is 0 Å². The van der Waals surface area contributed by atoms with Crippen molar-refractivity contribution in [3.63, 3.8) is 0 Å². The number of ether oxygens (including phenoxy) is 1. The maximum absolute atomic E-state index is 12.0. The van der Waals surface area contributed by atoms with Gasteiger partial charge in [-0.25, -0.2) is 0 Å². The van der Waals surface area contributed by atoms with Crippen molar-refractivity contribution in [3.05, 3.63) is 29.3 Å². The normalized spacial score (nSPS) is 12.0. The Labute approximate surface area is 108 Å². The number of hydrogen-bond donors (Lipinski definition) is 3. The van der Waals surface area contributed by atoms with Gasteiger partial charge in [0.15, 0.2) is 0 Å². The molecule has 0 saturated heterocycles. The van der Waals surface area contributed by atoms with Gasteiger partial charge in [-0.2, -0.15) is 0 Å². The molecule has 100 valence electrons. The molecule has 0 aliphatic carbocycles. The van der Waals surface area contributed by atoms with E-state index in [2.05, 4.69) is 10.7 Å². The van der Waals surface area contributed by atoms with Gasteiger partial charge in [-0.15, -0.1) is 0 Å². The maximum atomic E-state index is 12.0. The monoisotopic (exact) mass is 251 g/mol. The molecule has 1 rings (SSSR count). The van der Waals surface area contributed by atoms with E-state index in [-0.39, 0.29) is 12.0 Å². The lowest BCUT2D eigenvalue weighted by Crippen LogP contribution is -2.32. The fourth-order valence-corrected chi connectivity index (χ4v) is 1.68. The molecule has 1 aromatic carbocycles. The predicted molar refractivity (Wildman–Crippen MR) is 72.4 cm³/mol. The van der Waals surface area contributed by atoms with Crippen LogP contribution >= 0.6 is 0 Å². The molecule has 1 amide bonds. The summed E-state index contributed by atoms with van der Waals surface area (Å²) in [7, 11) is 0. The first-order valence-corrected chi connectivity index (χ1v) is 6.05. The number of anilines is 1. The third kappa shape index (κ3) is 4.01. The van der Waals surface area contributed by atoms with Gasteiger partial charge in [0.05, 0.1) is 6.10 Å². The van der Waals surface area contributed by atoms with E-state index in [1.165, 1.54) is 0 Å². The number of benzene rings is 1. The highest BCUT2D eigenvalue weighted by Crippen LogP contribution is 2.14. The zero-order chi connectivity index (χ0) is 13.5. The van der Waals surface area contributed by atoms with Crippen LogP contribution < -0.4 is 16.6 Å². The van der Waals surface area contributed by atoms with Crippen LogP contribution in [0.15, 0.2) is 18.2 Å². The van der Waals surface area contributed by atoms with Crippen molar-refractivity contribution < 1.29 is 9.53 Å². The molecule has 0 aromatic heterocycles. The number of hydrazine groups is 1. The number of rotatable bonds is 6. The summed E-state index contributed by atoms with van der Waals surface area (Å²) >= 11 is 0. The number of carbonyl (C=O) groups excluding carboxylic acids is 1. The number of aryl methyl sites for hydroxylation is 1. The van der Waals surface area contributed by atoms with Crippen LogP contribution in [0.5, 0.6) is 0 Å². The first kappa shape index (κ1) is 14.5. The molecule has 0 aliphatic heterocycles. The van der Waals surface area contributed by atoms with E-state index in [0.29, 0.717) is 18.7 Å². The topological polar surface area (TPSA) is 76.4 Å². The number of amides is 1. The van der Waals surface area contributed by atoms with Gasteiger partial charge in [0.1, 0.15) is 0 Å². The molecule has 1 aromatic rings. The van der Waals surface area contributed by atoms with Gasteiger partial charge in [0.25, 0.3) is 5.91 Å². The van der Waals surface area contributed by atoms with Gasteiger partial charge < -0.3 is 15.5 Å². The SMILES string of the molecule is CCOC(C)CNC(=O)c1ccc(NN)cc1C. The lowest BCUT2D eigenvalue weighted by molar-refractivity contribution is 0.0695. The van der Waals surface area contributed by atoms with Crippen LogP contribution in [0.1, 0.15) is 29.8 Å². The Morgan fingerprint density at radius 2 is 2.22 bits per heavy atom. The molecule has 1 unspecified atom stereocenters. The van der Waals surface area contributed by atoms with Crippen molar-refractivity contribution in [2.75, 3.05) is 18.6 Å². The van der Waals surface area contributed by atoms with Crippen molar-refractivity contribution in [2.45, 2.75) is 26.9 Å². The second kappa shape index (κ2) is 6.98. The smallest absolute Gasteiger partial charge is 0.251 e. The van der Waals surface area contributed by atoms with Crippen molar-refractivity contribution in [3.8, 4) is 0 Å². The summed E-state index contributed by atoms with van der Waals surface area (Å²) in [5.74, 6) is 5.21. The van der Waals surface area contributed by atoms with E-state index in [1.807, 2.05) is 26.8 Å². The van der Waals surface area contributed by atoms with Gasteiger partial charge in [-0.3, -0.25) is 10.6 Å². The van der Waals surface area contributed by atoms with Crippen molar-refractivity contribution >= 4 is 11.6 Å². The molecule has 5 nitrogen and oxygen atoms in total. The standard InChI is InChI=1S/C13H21N3O2/c1-4-18-10(3)8-15-13(17)12-6-5-11(16-14)7-9(12)2/h5-7,10,16H,4,8,14H2,1-3H3,(H,15,17). The summed E-state index contributed by atoms with van der Waals surface area (Å²) in [5.41, 5.74) is 4.87. The minimum Gasteiger partial charge on any atom is -0.377 e. The molecular weight excluding hydrogens is 230 g/mol. The molecule has 0 spiro atoms. The average molecular weight is 251 g/mol. The van der Waals surface area contributed by atoms with Crippen LogP contribution in [0, 0.1) is 6.92 Å². The molecule has 0 heterocycles. The Kier molecular flexibility index (Phi) is 5.61. The Morgan fingerprint density at radius 1 is 1.50 bits per heavy atom. The third-order valence-corrected chi connectivity index (χ3v) is 2.64. The van der Waals surface area contributed by atoms with Gasteiger partial charge in [-0.05, 0) is 44.5 Å². The molecule has 1 atom stereocenters. The van der Waals surface area contributed by atoms with Crippen LogP contribution in [0.3, 0.4) is 0 Å².